The van der Waals surface area contributed by atoms with Crippen molar-refractivity contribution >= 4 is 29.4 Å². The Morgan fingerprint density at radius 2 is 2.10 bits per heavy atom. The van der Waals surface area contributed by atoms with Crippen LogP contribution in [0.2, 0.25) is 0 Å². The second kappa shape index (κ2) is 5.58. The van der Waals surface area contributed by atoms with Crippen LogP contribution in [0.4, 0.5) is 0 Å². The van der Waals surface area contributed by atoms with Crippen LogP contribution in [-0.2, 0) is 30.2 Å². The molecule has 0 aromatic carbocycles. The summed E-state index contributed by atoms with van der Waals surface area (Å²) in [5, 5.41) is 0. The van der Waals surface area contributed by atoms with Crippen molar-refractivity contribution < 1.29 is 9.53 Å². The number of nitrogens with zero attached hydrogens (tertiary/aromatic N) is 4. The smallest absolute Gasteiger partial charge is 0.330 e. The van der Waals surface area contributed by atoms with Gasteiger partial charge in [0.1, 0.15) is 10.2 Å². The number of fused-ring (bicyclic) bond motifs is 1. The van der Waals surface area contributed by atoms with Gasteiger partial charge in [-0.3, -0.25) is 13.9 Å². The summed E-state index contributed by atoms with van der Waals surface area (Å²) in [6, 6.07) is 0. The van der Waals surface area contributed by atoms with Crippen molar-refractivity contribution in [1.82, 2.24) is 18.7 Å². The van der Waals surface area contributed by atoms with Crippen molar-refractivity contribution in [2.75, 3.05) is 6.61 Å². The molecule has 8 heteroatoms. The van der Waals surface area contributed by atoms with E-state index in [9.17, 15) is 9.59 Å². The number of esters is 1. The summed E-state index contributed by atoms with van der Waals surface area (Å²) in [6.07, 6.45) is 1.82. The molecule has 0 unspecified atom stereocenters. The van der Waals surface area contributed by atoms with Gasteiger partial charge in [0.2, 0.25) is 0 Å². The van der Waals surface area contributed by atoms with E-state index >= 15 is 0 Å². The van der Waals surface area contributed by atoms with Crippen molar-refractivity contribution in [1.29, 1.82) is 0 Å². The highest BCUT2D eigenvalue weighted by Crippen LogP contribution is 2.12. The Labute approximate surface area is 120 Å². The predicted molar refractivity (Wildman–Crippen MR) is 76.0 cm³/mol. The van der Waals surface area contributed by atoms with Gasteiger partial charge in [-0.25, -0.2) is 9.78 Å². The van der Waals surface area contributed by atoms with Gasteiger partial charge < -0.3 is 9.30 Å². The maximum atomic E-state index is 11.9. The zero-order valence-electron chi connectivity index (χ0n) is 11.6. The molecule has 0 atom stereocenters. The molecule has 108 valence electrons. The summed E-state index contributed by atoms with van der Waals surface area (Å²) >= 11 is 5.29. The summed E-state index contributed by atoms with van der Waals surface area (Å²) in [6.45, 7) is 2.54. The highest BCUT2D eigenvalue weighted by Gasteiger charge is 2.12. The molecule has 2 aromatic rings. The van der Waals surface area contributed by atoms with Gasteiger partial charge >= 0.3 is 11.7 Å². The van der Waals surface area contributed by atoms with Crippen LogP contribution in [0.5, 0.6) is 0 Å². The van der Waals surface area contributed by atoms with E-state index in [0.29, 0.717) is 29.0 Å². The first-order chi connectivity index (χ1) is 9.47. The van der Waals surface area contributed by atoms with E-state index in [1.54, 1.807) is 31.9 Å². The van der Waals surface area contributed by atoms with Crippen LogP contribution in [0.25, 0.3) is 11.2 Å². The molecular weight excluding hydrogens is 280 g/mol. The molecule has 0 spiro atoms. The highest BCUT2D eigenvalue weighted by atomic mass is 32.1. The zero-order chi connectivity index (χ0) is 14.9. The molecule has 0 N–H and O–H groups in total. The Morgan fingerprint density at radius 1 is 1.40 bits per heavy atom. The summed E-state index contributed by atoms with van der Waals surface area (Å²) in [4.78, 5) is 27.5. The first kappa shape index (κ1) is 14.4. The lowest BCUT2D eigenvalue weighted by molar-refractivity contribution is -0.143. The largest absolute Gasteiger partial charge is 0.466 e. The standard InChI is InChI=1S/C12H16N4O3S/c1-4-19-8(17)5-6-16-7-13-10-9(16)11(20)15(3)12(18)14(10)2/h7H,4-6H2,1-3H3. The number of carbonyl (C=O) groups excluding carboxylic acids is 1. The van der Waals surface area contributed by atoms with Crippen LogP contribution in [0.3, 0.4) is 0 Å². The number of hydrogen-bond acceptors (Lipinski definition) is 5. The van der Waals surface area contributed by atoms with Gasteiger partial charge in [-0.15, -0.1) is 0 Å². The van der Waals surface area contributed by atoms with E-state index in [1.807, 2.05) is 0 Å². The molecule has 0 saturated carbocycles. The molecule has 0 saturated heterocycles. The minimum atomic E-state index is -0.269. The molecule has 0 aliphatic heterocycles. The van der Waals surface area contributed by atoms with E-state index in [-0.39, 0.29) is 18.1 Å². The van der Waals surface area contributed by atoms with E-state index < -0.39 is 0 Å². The van der Waals surface area contributed by atoms with E-state index in [4.69, 9.17) is 17.0 Å². The fraction of sp³-hybridized carbons (Fsp3) is 0.500. The lowest BCUT2D eigenvalue weighted by atomic mass is 10.4. The lowest BCUT2D eigenvalue weighted by Gasteiger charge is -2.07. The molecule has 0 bridgehead atoms. The van der Waals surface area contributed by atoms with Crippen molar-refractivity contribution in [3.05, 3.63) is 21.5 Å². The van der Waals surface area contributed by atoms with Gasteiger partial charge in [-0.1, -0.05) is 12.2 Å². The van der Waals surface area contributed by atoms with Crippen LogP contribution in [0, 0.1) is 4.64 Å². The first-order valence-electron chi connectivity index (χ1n) is 6.23. The normalized spacial score (nSPS) is 10.9. The third-order valence-corrected chi connectivity index (χ3v) is 3.55. The Hall–Kier alpha value is -1.96. The molecule has 2 rings (SSSR count). The predicted octanol–water partition coefficient (Wildman–Crippen LogP) is 0.756. The average molecular weight is 296 g/mol. The van der Waals surface area contributed by atoms with Gasteiger partial charge in [-0.05, 0) is 6.92 Å². The number of carbonyl (C=O) groups is 1. The highest BCUT2D eigenvalue weighted by molar-refractivity contribution is 7.71. The minimum Gasteiger partial charge on any atom is -0.466 e. The number of ether oxygens (including phenoxy) is 1. The maximum Gasteiger partial charge on any atom is 0.330 e. The van der Waals surface area contributed by atoms with Crippen LogP contribution < -0.4 is 5.69 Å². The third-order valence-electron chi connectivity index (χ3n) is 3.08. The van der Waals surface area contributed by atoms with Crippen LogP contribution in [-0.4, -0.2) is 31.3 Å². The molecule has 2 aromatic heterocycles. The molecular formula is C12H16N4O3S. The topological polar surface area (TPSA) is 71.1 Å². The summed E-state index contributed by atoms with van der Waals surface area (Å²) in [5.41, 5.74) is 0.967. The second-order valence-corrected chi connectivity index (χ2v) is 4.76. The average Bonchev–Trinajstić information content (AvgIpc) is 2.85. The molecule has 0 aliphatic rings. The summed E-state index contributed by atoms with van der Waals surface area (Å²) < 4.78 is 9.89. The van der Waals surface area contributed by atoms with Crippen molar-refractivity contribution in [3.8, 4) is 0 Å². The molecule has 0 amide bonds. The van der Waals surface area contributed by atoms with Gasteiger partial charge in [-0.2, -0.15) is 0 Å². The van der Waals surface area contributed by atoms with Crippen molar-refractivity contribution in [3.63, 3.8) is 0 Å². The fourth-order valence-electron chi connectivity index (χ4n) is 2.01. The molecule has 20 heavy (non-hydrogen) atoms. The summed E-state index contributed by atoms with van der Waals surface area (Å²) in [5.74, 6) is -0.269. The van der Waals surface area contributed by atoms with E-state index in [2.05, 4.69) is 4.98 Å². The maximum absolute atomic E-state index is 11.9. The second-order valence-electron chi connectivity index (χ2n) is 4.37. The van der Waals surface area contributed by atoms with Crippen LogP contribution >= 0.6 is 12.2 Å². The van der Waals surface area contributed by atoms with Crippen molar-refractivity contribution in [2.45, 2.75) is 19.9 Å². The first-order valence-corrected chi connectivity index (χ1v) is 6.64. The number of imidazole rings is 1. The van der Waals surface area contributed by atoms with Gasteiger partial charge in [0.15, 0.2) is 5.65 Å². The van der Waals surface area contributed by atoms with Crippen LogP contribution in [0.1, 0.15) is 13.3 Å². The number of hydrogen-bond donors (Lipinski definition) is 0. The molecule has 0 fully saturated rings. The summed E-state index contributed by atoms with van der Waals surface area (Å²) in [7, 11) is 3.26. The molecule has 0 radical (unpaired) electrons. The quantitative estimate of drug-likeness (QED) is 0.615. The Bertz CT molecular complexity index is 771. The van der Waals surface area contributed by atoms with E-state index in [1.165, 1.54) is 9.13 Å². The van der Waals surface area contributed by atoms with Gasteiger partial charge in [0.05, 0.1) is 19.4 Å². The number of aryl methyl sites for hydroxylation is 2. The minimum absolute atomic E-state index is 0.224. The molecule has 7 nitrogen and oxygen atoms in total. The zero-order valence-corrected chi connectivity index (χ0v) is 12.4. The molecule has 2 heterocycles. The third kappa shape index (κ3) is 2.38. The number of aromatic nitrogens is 4. The lowest BCUT2D eigenvalue weighted by Crippen LogP contribution is -2.28. The SMILES string of the molecule is CCOC(=O)CCn1cnc2c1c(=S)n(C)c(=O)n2C. The van der Waals surface area contributed by atoms with Crippen LogP contribution in [0.15, 0.2) is 11.1 Å². The van der Waals surface area contributed by atoms with E-state index in [0.717, 1.165) is 0 Å². The van der Waals surface area contributed by atoms with Gasteiger partial charge in [0.25, 0.3) is 0 Å². The fourth-order valence-corrected chi connectivity index (χ4v) is 2.30. The Morgan fingerprint density at radius 3 is 2.75 bits per heavy atom. The monoisotopic (exact) mass is 296 g/mol. The number of rotatable bonds is 4. The molecule has 0 aliphatic carbocycles. The Kier molecular flexibility index (Phi) is 4.03. The van der Waals surface area contributed by atoms with Gasteiger partial charge in [0, 0.05) is 20.6 Å². The van der Waals surface area contributed by atoms with Crippen molar-refractivity contribution in [2.24, 2.45) is 14.1 Å². The Balaban J connectivity index is 2.45.